The molecule has 1 N–H and O–H groups in total. The van der Waals surface area contributed by atoms with E-state index in [0.717, 1.165) is 17.0 Å². The first-order valence-corrected chi connectivity index (χ1v) is 7.51. The summed E-state index contributed by atoms with van der Waals surface area (Å²) >= 11 is 0. The normalized spacial score (nSPS) is 10.9. The van der Waals surface area contributed by atoms with E-state index in [2.05, 4.69) is 17.5 Å². The number of hydrogen-bond donors (Lipinski definition) is 1. The van der Waals surface area contributed by atoms with Gasteiger partial charge in [-0.2, -0.15) is 0 Å². The molecule has 0 spiro atoms. The van der Waals surface area contributed by atoms with Crippen LogP contribution in [0, 0.1) is 0 Å². The zero-order valence-corrected chi connectivity index (χ0v) is 13.5. The minimum atomic E-state index is -0.0363. The summed E-state index contributed by atoms with van der Waals surface area (Å²) in [5, 5.41) is 2.87. The number of amides is 1. The van der Waals surface area contributed by atoms with Crippen molar-refractivity contribution in [2.75, 3.05) is 32.6 Å². The monoisotopic (exact) mass is 310 g/mol. The third-order valence-electron chi connectivity index (χ3n) is 3.31. The van der Waals surface area contributed by atoms with E-state index in [1.807, 2.05) is 66.5 Å². The number of benzene rings is 2. The third kappa shape index (κ3) is 5.96. The van der Waals surface area contributed by atoms with Gasteiger partial charge in [-0.3, -0.25) is 9.69 Å². The van der Waals surface area contributed by atoms with Gasteiger partial charge in [0.2, 0.25) is 5.91 Å². The van der Waals surface area contributed by atoms with E-state index in [4.69, 9.17) is 4.74 Å². The molecule has 0 radical (unpaired) electrons. The van der Waals surface area contributed by atoms with Gasteiger partial charge in [0.15, 0.2) is 0 Å². The minimum absolute atomic E-state index is 0.0363. The van der Waals surface area contributed by atoms with Crippen molar-refractivity contribution in [3.8, 4) is 5.75 Å². The third-order valence-corrected chi connectivity index (χ3v) is 3.31. The Bertz CT molecular complexity index is 636. The fourth-order valence-corrected chi connectivity index (χ4v) is 2.12. The van der Waals surface area contributed by atoms with Gasteiger partial charge in [0, 0.05) is 12.2 Å². The summed E-state index contributed by atoms with van der Waals surface area (Å²) in [6, 6.07) is 17.4. The van der Waals surface area contributed by atoms with Crippen molar-refractivity contribution < 1.29 is 9.53 Å². The molecule has 2 aromatic rings. The van der Waals surface area contributed by atoms with E-state index >= 15 is 0 Å². The number of carbonyl (C=O) groups is 1. The van der Waals surface area contributed by atoms with Crippen molar-refractivity contribution in [2.45, 2.75) is 0 Å². The van der Waals surface area contributed by atoms with Crippen LogP contribution < -0.4 is 10.1 Å². The average Bonchev–Trinajstić information content (AvgIpc) is 2.56. The highest BCUT2D eigenvalue weighted by Crippen LogP contribution is 2.14. The lowest BCUT2D eigenvalue weighted by atomic mass is 10.2. The minimum Gasteiger partial charge on any atom is -0.497 e. The van der Waals surface area contributed by atoms with E-state index in [1.165, 1.54) is 0 Å². The quantitative estimate of drug-likeness (QED) is 0.853. The molecule has 0 heterocycles. The molecule has 1 amide bonds. The molecule has 0 saturated carbocycles. The SMILES string of the molecule is COc1ccc(NC(=O)CN(C)C/C=C/c2ccccc2)cc1. The molecule has 0 atom stereocenters. The number of hydrogen-bond acceptors (Lipinski definition) is 3. The Balaban J connectivity index is 1.76. The van der Waals surface area contributed by atoms with Crippen LogP contribution in [0.5, 0.6) is 5.75 Å². The zero-order valence-electron chi connectivity index (χ0n) is 13.5. The summed E-state index contributed by atoms with van der Waals surface area (Å²) in [6.45, 7) is 1.05. The van der Waals surface area contributed by atoms with Crippen LogP contribution >= 0.6 is 0 Å². The highest BCUT2D eigenvalue weighted by molar-refractivity contribution is 5.92. The second-order valence-corrected chi connectivity index (χ2v) is 5.29. The van der Waals surface area contributed by atoms with Gasteiger partial charge in [-0.1, -0.05) is 42.5 Å². The molecule has 0 aromatic heterocycles. The first-order chi connectivity index (χ1) is 11.2. The summed E-state index contributed by atoms with van der Waals surface area (Å²) in [5.74, 6) is 0.733. The molecule has 0 aliphatic heterocycles. The van der Waals surface area contributed by atoms with E-state index in [9.17, 15) is 4.79 Å². The number of likely N-dealkylation sites (N-methyl/N-ethyl adjacent to an activating group) is 1. The van der Waals surface area contributed by atoms with E-state index in [1.54, 1.807) is 7.11 Å². The maximum Gasteiger partial charge on any atom is 0.238 e. The van der Waals surface area contributed by atoms with Crippen LogP contribution in [-0.2, 0) is 4.79 Å². The molecule has 2 aromatic carbocycles. The van der Waals surface area contributed by atoms with Gasteiger partial charge in [0.25, 0.3) is 0 Å². The van der Waals surface area contributed by atoms with Crippen molar-refractivity contribution in [3.63, 3.8) is 0 Å². The lowest BCUT2D eigenvalue weighted by Gasteiger charge is -2.14. The van der Waals surface area contributed by atoms with Gasteiger partial charge in [0.1, 0.15) is 5.75 Å². The molecular formula is C19H22N2O2. The zero-order chi connectivity index (χ0) is 16.5. The van der Waals surface area contributed by atoms with Crippen LogP contribution in [-0.4, -0.2) is 38.1 Å². The molecule has 4 nitrogen and oxygen atoms in total. The van der Waals surface area contributed by atoms with E-state index in [0.29, 0.717) is 13.1 Å². The molecule has 0 aliphatic rings. The van der Waals surface area contributed by atoms with Crippen LogP contribution in [0.1, 0.15) is 5.56 Å². The van der Waals surface area contributed by atoms with Crippen LogP contribution in [0.15, 0.2) is 60.7 Å². The summed E-state index contributed by atoms with van der Waals surface area (Å²) in [5.41, 5.74) is 1.92. The number of carbonyl (C=O) groups excluding carboxylic acids is 1. The fraction of sp³-hybridized carbons (Fsp3) is 0.211. The first kappa shape index (κ1) is 16.8. The van der Waals surface area contributed by atoms with Crippen molar-refractivity contribution in [1.82, 2.24) is 4.90 Å². The number of nitrogens with zero attached hydrogens (tertiary/aromatic N) is 1. The molecule has 2 rings (SSSR count). The Morgan fingerprint density at radius 2 is 1.83 bits per heavy atom. The molecule has 4 heteroatoms. The first-order valence-electron chi connectivity index (χ1n) is 7.51. The standard InChI is InChI=1S/C19H22N2O2/c1-21(14-6-9-16-7-4-3-5-8-16)15-19(22)20-17-10-12-18(23-2)13-11-17/h3-13H,14-15H2,1-2H3,(H,20,22)/b9-6+. The molecule has 0 bridgehead atoms. The predicted molar refractivity (Wildman–Crippen MR) is 94.6 cm³/mol. The summed E-state index contributed by atoms with van der Waals surface area (Å²) in [6.07, 6.45) is 4.11. The van der Waals surface area contributed by atoms with Gasteiger partial charge in [0.05, 0.1) is 13.7 Å². The van der Waals surface area contributed by atoms with Crippen molar-refractivity contribution >= 4 is 17.7 Å². The maximum atomic E-state index is 12.0. The second kappa shape index (κ2) is 8.76. The summed E-state index contributed by atoms with van der Waals surface area (Å²) < 4.78 is 5.09. The smallest absolute Gasteiger partial charge is 0.238 e. The fourth-order valence-electron chi connectivity index (χ4n) is 2.12. The Morgan fingerprint density at radius 1 is 1.13 bits per heavy atom. The molecule has 0 fully saturated rings. The van der Waals surface area contributed by atoms with Crippen LogP contribution in [0.3, 0.4) is 0 Å². The van der Waals surface area contributed by atoms with Gasteiger partial charge < -0.3 is 10.1 Å². The van der Waals surface area contributed by atoms with Crippen molar-refractivity contribution in [1.29, 1.82) is 0 Å². The largest absolute Gasteiger partial charge is 0.497 e. The Kier molecular flexibility index (Phi) is 6.39. The molecule has 120 valence electrons. The highest BCUT2D eigenvalue weighted by atomic mass is 16.5. The predicted octanol–water partition coefficient (Wildman–Crippen LogP) is 3.28. The molecule has 0 saturated heterocycles. The van der Waals surface area contributed by atoms with Crippen molar-refractivity contribution in [3.05, 3.63) is 66.2 Å². The van der Waals surface area contributed by atoms with Gasteiger partial charge in [-0.25, -0.2) is 0 Å². The molecule has 23 heavy (non-hydrogen) atoms. The summed E-state index contributed by atoms with van der Waals surface area (Å²) in [7, 11) is 3.54. The number of rotatable bonds is 7. The molecular weight excluding hydrogens is 288 g/mol. The Morgan fingerprint density at radius 3 is 2.48 bits per heavy atom. The van der Waals surface area contributed by atoms with Crippen LogP contribution in [0.2, 0.25) is 0 Å². The summed E-state index contributed by atoms with van der Waals surface area (Å²) in [4.78, 5) is 14.0. The number of methoxy groups -OCH3 is 1. The molecule has 0 unspecified atom stereocenters. The number of anilines is 1. The average molecular weight is 310 g/mol. The van der Waals surface area contributed by atoms with Crippen molar-refractivity contribution in [2.24, 2.45) is 0 Å². The topological polar surface area (TPSA) is 41.6 Å². The lowest BCUT2D eigenvalue weighted by Crippen LogP contribution is -2.30. The number of nitrogens with one attached hydrogen (secondary N) is 1. The van der Waals surface area contributed by atoms with E-state index < -0.39 is 0 Å². The highest BCUT2D eigenvalue weighted by Gasteiger charge is 2.05. The maximum absolute atomic E-state index is 12.0. The Hall–Kier alpha value is -2.59. The molecule has 0 aliphatic carbocycles. The van der Waals surface area contributed by atoms with Crippen LogP contribution in [0.25, 0.3) is 6.08 Å². The number of ether oxygens (including phenoxy) is 1. The lowest BCUT2D eigenvalue weighted by molar-refractivity contribution is -0.116. The van der Waals surface area contributed by atoms with Gasteiger partial charge in [-0.05, 0) is 36.9 Å². The van der Waals surface area contributed by atoms with E-state index in [-0.39, 0.29) is 5.91 Å². The van der Waals surface area contributed by atoms with Gasteiger partial charge >= 0.3 is 0 Å². The van der Waals surface area contributed by atoms with Crippen LogP contribution in [0.4, 0.5) is 5.69 Å². The van der Waals surface area contributed by atoms with Gasteiger partial charge in [-0.15, -0.1) is 0 Å². The Labute approximate surface area is 137 Å². The second-order valence-electron chi connectivity index (χ2n) is 5.29.